The number of nitrogens with zero attached hydrogens (tertiary/aromatic N) is 1. The lowest BCUT2D eigenvalue weighted by Crippen LogP contribution is -2.46. The number of ether oxygens (including phenoxy) is 1. The zero-order chi connectivity index (χ0) is 12.4. The second-order valence-electron chi connectivity index (χ2n) is 4.49. The molecule has 0 aliphatic carbocycles. The predicted octanol–water partition coefficient (Wildman–Crippen LogP) is 1.59. The first-order chi connectivity index (χ1) is 8.08. The standard InChI is InChI=1S/C12H17NO4/c1-8-7-17-9(2)5-13(8)6-11-10(12(14)15)3-4-16-11/h3-4,8-9H,5-7H2,1-2H3,(H,14,15). The molecule has 17 heavy (non-hydrogen) atoms. The number of carbonyl (C=O) groups is 1. The molecule has 2 heterocycles. The summed E-state index contributed by atoms with van der Waals surface area (Å²) in [5, 5.41) is 9.00. The van der Waals surface area contributed by atoms with Gasteiger partial charge in [-0.2, -0.15) is 0 Å². The number of hydrogen-bond donors (Lipinski definition) is 1. The van der Waals surface area contributed by atoms with Gasteiger partial charge in [0.25, 0.3) is 0 Å². The predicted molar refractivity (Wildman–Crippen MR) is 61.0 cm³/mol. The van der Waals surface area contributed by atoms with Gasteiger partial charge in [0.2, 0.25) is 0 Å². The topological polar surface area (TPSA) is 62.9 Å². The van der Waals surface area contributed by atoms with Crippen molar-refractivity contribution in [3.05, 3.63) is 23.7 Å². The van der Waals surface area contributed by atoms with E-state index in [0.29, 0.717) is 18.9 Å². The van der Waals surface area contributed by atoms with Crippen molar-refractivity contribution >= 4 is 5.97 Å². The maximum absolute atomic E-state index is 11.0. The van der Waals surface area contributed by atoms with Gasteiger partial charge in [0.1, 0.15) is 11.3 Å². The molecule has 1 aliphatic heterocycles. The molecule has 0 aromatic carbocycles. The van der Waals surface area contributed by atoms with E-state index in [1.54, 1.807) is 0 Å². The highest BCUT2D eigenvalue weighted by Gasteiger charge is 2.26. The lowest BCUT2D eigenvalue weighted by atomic mass is 10.1. The maximum Gasteiger partial charge on any atom is 0.339 e. The first-order valence-electron chi connectivity index (χ1n) is 5.73. The normalized spacial score (nSPS) is 26.0. The fraction of sp³-hybridized carbons (Fsp3) is 0.583. The second-order valence-corrected chi connectivity index (χ2v) is 4.49. The van der Waals surface area contributed by atoms with Crippen LogP contribution in [0.1, 0.15) is 30.0 Å². The van der Waals surface area contributed by atoms with Crippen LogP contribution >= 0.6 is 0 Å². The Morgan fingerprint density at radius 3 is 3.06 bits per heavy atom. The van der Waals surface area contributed by atoms with E-state index in [4.69, 9.17) is 14.3 Å². The van der Waals surface area contributed by atoms with Crippen LogP contribution in [-0.4, -0.2) is 41.3 Å². The molecule has 94 valence electrons. The summed E-state index contributed by atoms with van der Waals surface area (Å²) in [7, 11) is 0. The Kier molecular flexibility index (Phi) is 3.49. The van der Waals surface area contributed by atoms with Crippen molar-refractivity contribution in [1.29, 1.82) is 0 Å². The average molecular weight is 239 g/mol. The minimum Gasteiger partial charge on any atom is -0.478 e. The third-order valence-corrected chi connectivity index (χ3v) is 3.06. The zero-order valence-corrected chi connectivity index (χ0v) is 10.0. The van der Waals surface area contributed by atoms with E-state index >= 15 is 0 Å². The van der Waals surface area contributed by atoms with Gasteiger partial charge in [-0.3, -0.25) is 4.90 Å². The van der Waals surface area contributed by atoms with Gasteiger partial charge in [-0.15, -0.1) is 0 Å². The summed E-state index contributed by atoms with van der Waals surface area (Å²) in [4.78, 5) is 13.1. The van der Waals surface area contributed by atoms with Crippen LogP contribution in [0.4, 0.5) is 0 Å². The highest BCUT2D eigenvalue weighted by Crippen LogP contribution is 2.18. The summed E-state index contributed by atoms with van der Waals surface area (Å²) in [6.45, 7) is 6.06. The third kappa shape index (κ3) is 2.68. The van der Waals surface area contributed by atoms with Gasteiger partial charge in [-0.1, -0.05) is 0 Å². The third-order valence-electron chi connectivity index (χ3n) is 3.06. The molecule has 0 spiro atoms. The highest BCUT2D eigenvalue weighted by molar-refractivity contribution is 5.88. The van der Waals surface area contributed by atoms with Crippen molar-refractivity contribution in [2.45, 2.75) is 32.5 Å². The molecule has 1 fully saturated rings. The van der Waals surface area contributed by atoms with Crippen LogP contribution in [0, 0.1) is 0 Å². The summed E-state index contributed by atoms with van der Waals surface area (Å²) < 4.78 is 10.8. The number of carboxylic acids is 1. The summed E-state index contributed by atoms with van der Waals surface area (Å²) in [6.07, 6.45) is 1.60. The van der Waals surface area contributed by atoms with Crippen LogP contribution in [0.25, 0.3) is 0 Å². The number of aromatic carboxylic acids is 1. The van der Waals surface area contributed by atoms with Gasteiger partial charge in [-0.25, -0.2) is 4.79 Å². The Bertz CT molecular complexity index is 401. The van der Waals surface area contributed by atoms with Gasteiger partial charge < -0.3 is 14.3 Å². The molecule has 0 bridgehead atoms. The van der Waals surface area contributed by atoms with Gasteiger partial charge >= 0.3 is 5.97 Å². The van der Waals surface area contributed by atoms with E-state index in [0.717, 1.165) is 6.54 Å². The second kappa shape index (κ2) is 4.89. The molecule has 1 aromatic heterocycles. The largest absolute Gasteiger partial charge is 0.478 e. The molecule has 2 rings (SSSR count). The molecule has 1 saturated heterocycles. The minimum atomic E-state index is -0.942. The Morgan fingerprint density at radius 1 is 1.59 bits per heavy atom. The molecule has 1 aromatic rings. The highest BCUT2D eigenvalue weighted by atomic mass is 16.5. The molecular formula is C12H17NO4. The van der Waals surface area contributed by atoms with Crippen LogP contribution < -0.4 is 0 Å². The van der Waals surface area contributed by atoms with Crippen molar-refractivity contribution < 1.29 is 19.1 Å². The summed E-state index contributed by atoms with van der Waals surface area (Å²) >= 11 is 0. The number of morpholine rings is 1. The fourth-order valence-electron chi connectivity index (χ4n) is 2.03. The Morgan fingerprint density at radius 2 is 2.35 bits per heavy atom. The molecule has 0 amide bonds. The average Bonchev–Trinajstić information content (AvgIpc) is 2.71. The minimum absolute atomic E-state index is 0.175. The molecule has 1 N–H and O–H groups in total. The number of hydrogen-bond acceptors (Lipinski definition) is 4. The van der Waals surface area contributed by atoms with E-state index in [1.165, 1.54) is 12.3 Å². The summed E-state index contributed by atoms with van der Waals surface area (Å²) in [5.74, 6) is -0.429. The van der Waals surface area contributed by atoms with Crippen molar-refractivity contribution in [1.82, 2.24) is 4.90 Å². The molecule has 2 atom stereocenters. The van der Waals surface area contributed by atoms with Crippen molar-refractivity contribution in [3.8, 4) is 0 Å². The first-order valence-corrected chi connectivity index (χ1v) is 5.73. The molecule has 2 unspecified atom stereocenters. The molecule has 0 saturated carbocycles. The lowest BCUT2D eigenvalue weighted by Gasteiger charge is -2.36. The molecule has 5 heteroatoms. The number of furan rings is 1. The molecular weight excluding hydrogens is 222 g/mol. The molecule has 5 nitrogen and oxygen atoms in total. The summed E-state index contributed by atoms with van der Waals surface area (Å²) in [5.41, 5.74) is 0.247. The fourth-order valence-corrected chi connectivity index (χ4v) is 2.03. The zero-order valence-electron chi connectivity index (χ0n) is 10.0. The molecule has 0 radical (unpaired) electrons. The van der Waals surface area contributed by atoms with Crippen molar-refractivity contribution in [2.75, 3.05) is 13.2 Å². The van der Waals surface area contributed by atoms with Crippen molar-refractivity contribution in [3.63, 3.8) is 0 Å². The van der Waals surface area contributed by atoms with Gasteiger partial charge in [0, 0.05) is 12.6 Å². The van der Waals surface area contributed by atoms with Crippen LogP contribution in [0.3, 0.4) is 0 Å². The maximum atomic E-state index is 11.0. The van der Waals surface area contributed by atoms with Gasteiger partial charge in [0.05, 0.1) is 25.5 Å². The molecule has 1 aliphatic rings. The van der Waals surface area contributed by atoms with E-state index in [-0.39, 0.29) is 17.7 Å². The van der Waals surface area contributed by atoms with E-state index < -0.39 is 5.97 Å². The number of carboxylic acid groups (broad SMARTS) is 1. The van der Waals surface area contributed by atoms with Crippen LogP contribution in [0.5, 0.6) is 0 Å². The van der Waals surface area contributed by atoms with Crippen LogP contribution in [-0.2, 0) is 11.3 Å². The number of rotatable bonds is 3. The Labute approximate surface area is 100.0 Å². The Balaban J connectivity index is 2.09. The van der Waals surface area contributed by atoms with Gasteiger partial charge in [0.15, 0.2) is 0 Å². The van der Waals surface area contributed by atoms with Crippen molar-refractivity contribution in [2.24, 2.45) is 0 Å². The van der Waals surface area contributed by atoms with E-state index in [2.05, 4.69) is 11.8 Å². The van der Waals surface area contributed by atoms with E-state index in [9.17, 15) is 4.79 Å². The van der Waals surface area contributed by atoms with Gasteiger partial charge in [-0.05, 0) is 19.9 Å². The summed E-state index contributed by atoms with van der Waals surface area (Å²) in [6, 6.07) is 1.77. The SMILES string of the molecule is CC1CN(Cc2occc2C(=O)O)C(C)CO1. The van der Waals surface area contributed by atoms with E-state index in [1.807, 2.05) is 6.92 Å². The quantitative estimate of drug-likeness (QED) is 0.867. The van der Waals surface area contributed by atoms with Crippen LogP contribution in [0.15, 0.2) is 16.7 Å². The lowest BCUT2D eigenvalue weighted by molar-refractivity contribution is -0.0546. The van der Waals surface area contributed by atoms with Crippen LogP contribution in [0.2, 0.25) is 0 Å². The smallest absolute Gasteiger partial charge is 0.339 e. The Hall–Kier alpha value is -1.33. The first kappa shape index (κ1) is 12.1. The monoisotopic (exact) mass is 239 g/mol.